The summed E-state index contributed by atoms with van der Waals surface area (Å²) < 4.78 is 14.0. The van der Waals surface area contributed by atoms with E-state index in [1.807, 2.05) is 0 Å². The van der Waals surface area contributed by atoms with Crippen molar-refractivity contribution in [2.75, 3.05) is 26.7 Å². The lowest BCUT2D eigenvalue weighted by molar-refractivity contribution is 0.0494. The van der Waals surface area contributed by atoms with E-state index in [0.29, 0.717) is 13.0 Å². The minimum absolute atomic E-state index is 0.215. The van der Waals surface area contributed by atoms with Gasteiger partial charge in [0.1, 0.15) is 5.67 Å². The molecule has 1 aliphatic heterocycles. The maximum absolute atomic E-state index is 14.0. The summed E-state index contributed by atoms with van der Waals surface area (Å²) in [6.07, 6.45) is 2.45. The first kappa shape index (κ1) is 10.9. The Kier molecular flexibility index (Phi) is 3.68. The van der Waals surface area contributed by atoms with Gasteiger partial charge in [0, 0.05) is 0 Å². The number of nitrogens with two attached hydrogens (primary N) is 1. The number of rotatable bonds is 3. The maximum atomic E-state index is 14.0. The molecule has 3 heteroatoms. The van der Waals surface area contributed by atoms with E-state index in [9.17, 15) is 4.39 Å². The van der Waals surface area contributed by atoms with Gasteiger partial charge in [0.05, 0.1) is 0 Å². The summed E-state index contributed by atoms with van der Waals surface area (Å²) in [5.74, 6) is 0.215. The largest absolute Gasteiger partial charge is 0.330 e. The molecule has 0 aliphatic carbocycles. The van der Waals surface area contributed by atoms with Crippen LogP contribution >= 0.6 is 0 Å². The third-order valence-electron chi connectivity index (χ3n) is 3.20. The van der Waals surface area contributed by atoms with Crippen molar-refractivity contribution in [3.05, 3.63) is 0 Å². The van der Waals surface area contributed by atoms with Gasteiger partial charge in [0.15, 0.2) is 0 Å². The molecule has 1 aliphatic rings. The second-order valence-electron chi connectivity index (χ2n) is 4.39. The van der Waals surface area contributed by atoms with Crippen LogP contribution in [-0.4, -0.2) is 37.3 Å². The van der Waals surface area contributed by atoms with Gasteiger partial charge in [-0.15, -0.1) is 0 Å². The van der Waals surface area contributed by atoms with Gasteiger partial charge in [-0.1, -0.05) is 0 Å². The van der Waals surface area contributed by atoms with E-state index in [4.69, 9.17) is 5.73 Å². The highest BCUT2D eigenvalue weighted by molar-refractivity contribution is 4.86. The van der Waals surface area contributed by atoms with Gasteiger partial charge in [0.25, 0.3) is 0 Å². The van der Waals surface area contributed by atoms with E-state index in [0.717, 1.165) is 25.9 Å². The quantitative estimate of drug-likeness (QED) is 0.725. The Hall–Kier alpha value is -0.150. The van der Waals surface area contributed by atoms with Crippen LogP contribution in [0.4, 0.5) is 4.39 Å². The van der Waals surface area contributed by atoms with E-state index in [1.54, 1.807) is 6.92 Å². The number of halogens is 1. The zero-order valence-electron chi connectivity index (χ0n) is 8.72. The highest BCUT2D eigenvalue weighted by atomic mass is 19.1. The van der Waals surface area contributed by atoms with E-state index in [2.05, 4.69) is 11.9 Å². The lowest BCUT2D eigenvalue weighted by Crippen LogP contribution is -2.40. The second kappa shape index (κ2) is 4.38. The summed E-state index contributed by atoms with van der Waals surface area (Å²) in [5.41, 5.74) is 4.35. The van der Waals surface area contributed by atoms with E-state index in [-0.39, 0.29) is 5.92 Å². The highest BCUT2D eigenvalue weighted by Gasteiger charge is 2.34. The molecule has 0 amide bonds. The van der Waals surface area contributed by atoms with Crippen LogP contribution in [0.5, 0.6) is 0 Å². The van der Waals surface area contributed by atoms with Gasteiger partial charge in [-0.2, -0.15) is 0 Å². The van der Waals surface area contributed by atoms with Crippen LogP contribution in [-0.2, 0) is 0 Å². The van der Waals surface area contributed by atoms with E-state index < -0.39 is 5.67 Å². The van der Waals surface area contributed by atoms with Crippen molar-refractivity contribution < 1.29 is 4.39 Å². The molecule has 0 radical (unpaired) electrons. The van der Waals surface area contributed by atoms with Crippen LogP contribution < -0.4 is 5.73 Å². The summed E-state index contributed by atoms with van der Waals surface area (Å²) in [6.45, 7) is 4.21. The molecule has 2 nitrogen and oxygen atoms in total. The zero-order valence-corrected chi connectivity index (χ0v) is 8.72. The summed E-state index contributed by atoms with van der Waals surface area (Å²) in [4.78, 5) is 2.26. The first-order valence-corrected chi connectivity index (χ1v) is 5.14. The first-order chi connectivity index (χ1) is 6.06. The van der Waals surface area contributed by atoms with Crippen molar-refractivity contribution >= 4 is 0 Å². The average molecular weight is 188 g/mol. The molecule has 0 aromatic rings. The molecule has 1 saturated heterocycles. The number of alkyl halides is 1. The van der Waals surface area contributed by atoms with Gasteiger partial charge in [-0.05, 0) is 58.8 Å². The van der Waals surface area contributed by atoms with Gasteiger partial charge in [-0.25, -0.2) is 4.39 Å². The fourth-order valence-corrected chi connectivity index (χ4v) is 2.10. The molecular weight excluding hydrogens is 167 g/mol. The summed E-state index contributed by atoms with van der Waals surface area (Å²) in [7, 11) is 2.09. The second-order valence-corrected chi connectivity index (χ2v) is 4.39. The SMILES string of the molecule is CN1CCC(C(C)(F)CCN)CC1. The predicted molar refractivity (Wildman–Crippen MR) is 53.4 cm³/mol. The maximum Gasteiger partial charge on any atom is 0.112 e. The Morgan fingerprint density at radius 3 is 2.46 bits per heavy atom. The molecule has 1 rings (SSSR count). The average Bonchev–Trinajstić information content (AvgIpc) is 2.05. The summed E-state index contributed by atoms with van der Waals surface area (Å²) in [5, 5.41) is 0. The smallest absolute Gasteiger partial charge is 0.112 e. The Morgan fingerprint density at radius 2 is 2.00 bits per heavy atom. The van der Waals surface area contributed by atoms with Crippen molar-refractivity contribution in [1.82, 2.24) is 4.90 Å². The van der Waals surface area contributed by atoms with Crippen molar-refractivity contribution in [1.29, 1.82) is 0 Å². The van der Waals surface area contributed by atoms with Crippen molar-refractivity contribution in [3.8, 4) is 0 Å². The van der Waals surface area contributed by atoms with E-state index in [1.165, 1.54) is 0 Å². The number of hydrogen-bond acceptors (Lipinski definition) is 2. The lowest BCUT2D eigenvalue weighted by atomic mass is 9.81. The molecule has 1 fully saturated rings. The monoisotopic (exact) mass is 188 g/mol. The molecule has 0 bridgehead atoms. The fourth-order valence-electron chi connectivity index (χ4n) is 2.10. The molecular formula is C10H21FN2. The topological polar surface area (TPSA) is 29.3 Å². The molecule has 1 atom stereocenters. The molecule has 13 heavy (non-hydrogen) atoms. The van der Waals surface area contributed by atoms with Crippen LogP contribution in [0.1, 0.15) is 26.2 Å². The van der Waals surface area contributed by atoms with Crippen LogP contribution in [0.2, 0.25) is 0 Å². The first-order valence-electron chi connectivity index (χ1n) is 5.14. The normalized spacial score (nSPS) is 25.8. The standard InChI is InChI=1S/C10H21FN2/c1-10(11,5-6-12)9-3-7-13(2)8-4-9/h9H,3-8,12H2,1-2H3. The summed E-state index contributed by atoms with van der Waals surface area (Å²) in [6, 6.07) is 0. The molecule has 0 aromatic carbocycles. The molecule has 0 aromatic heterocycles. The highest BCUT2D eigenvalue weighted by Crippen LogP contribution is 2.33. The molecule has 78 valence electrons. The lowest BCUT2D eigenvalue weighted by Gasteiger charge is -2.36. The number of hydrogen-bond donors (Lipinski definition) is 1. The zero-order chi connectivity index (χ0) is 9.90. The van der Waals surface area contributed by atoms with Crippen molar-refractivity contribution in [2.24, 2.45) is 11.7 Å². The Bertz CT molecular complexity index is 151. The van der Waals surface area contributed by atoms with Gasteiger partial charge >= 0.3 is 0 Å². The summed E-state index contributed by atoms with van der Waals surface area (Å²) >= 11 is 0. The number of likely N-dealkylation sites (tertiary alicyclic amines) is 1. The number of nitrogens with zero attached hydrogens (tertiary/aromatic N) is 1. The van der Waals surface area contributed by atoms with Crippen LogP contribution in [0.25, 0.3) is 0 Å². The minimum atomic E-state index is -1.05. The van der Waals surface area contributed by atoms with Crippen molar-refractivity contribution in [3.63, 3.8) is 0 Å². The third-order valence-corrected chi connectivity index (χ3v) is 3.20. The van der Waals surface area contributed by atoms with Crippen molar-refractivity contribution in [2.45, 2.75) is 31.9 Å². The van der Waals surface area contributed by atoms with Gasteiger partial charge in [-0.3, -0.25) is 0 Å². The minimum Gasteiger partial charge on any atom is -0.330 e. The van der Waals surface area contributed by atoms with Crippen LogP contribution in [0, 0.1) is 5.92 Å². The van der Waals surface area contributed by atoms with Crippen LogP contribution in [0.15, 0.2) is 0 Å². The number of piperidine rings is 1. The Labute approximate surface area is 80.3 Å². The molecule has 2 N–H and O–H groups in total. The molecule has 0 spiro atoms. The Morgan fingerprint density at radius 1 is 1.46 bits per heavy atom. The van der Waals surface area contributed by atoms with Gasteiger partial charge in [0.2, 0.25) is 0 Å². The fraction of sp³-hybridized carbons (Fsp3) is 1.00. The Balaban J connectivity index is 2.42. The molecule has 1 heterocycles. The molecule has 1 unspecified atom stereocenters. The van der Waals surface area contributed by atoms with Crippen LogP contribution in [0.3, 0.4) is 0 Å². The predicted octanol–water partition coefficient (Wildman–Crippen LogP) is 1.41. The molecule has 0 saturated carbocycles. The van der Waals surface area contributed by atoms with E-state index >= 15 is 0 Å². The van der Waals surface area contributed by atoms with Gasteiger partial charge < -0.3 is 10.6 Å². The third kappa shape index (κ3) is 2.92.